The average molecular weight is 385 g/mol. The van der Waals surface area contributed by atoms with Gasteiger partial charge in [0, 0.05) is 17.3 Å². The van der Waals surface area contributed by atoms with Gasteiger partial charge in [0.2, 0.25) is 0 Å². The molecule has 0 saturated heterocycles. The molecule has 1 N–H and O–H groups in total. The van der Waals surface area contributed by atoms with Gasteiger partial charge in [0.15, 0.2) is 0 Å². The number of pyridine rings is 1. The predicted octanol–water partition coefficient (Wildman–Crippen LogP) is 3.85. The average Bonchev–Trinajstić information content (AvgIpc) is 3.44. The van der Waals surface area contributed by atoms with Crippen LogP contribution in [-0.2, 0) is 4.79 Å². The number of nitrogens with zero attached hydrogens (tertiary/aromatic N) is 5. The Morgan fingerprint density at radius 1 is 1.10 bits per heavy atom. The number of hydrogen-bond acceptors (Lipinski definition) is 4. The van der Waals surface area contributed by atoms with Gasteiger partial charge in [-0.25, -0.2) is 9.20 Å². The fourth-order valence-corrected chi connectivity index (χ4v) is 3.96. The second-order valence-corrected chi connectivity index (χ2v) is 7.21. The molecule has 0 aliphatic heterocycles. The van der Waals surface area contributed by atoms with E-state index in [9.17, 15) is 9.90 Å². The van der Waals surface area contributed by atoms with E-state index >= 15 is 0 Å². The van der Waals surface area contributed by atoms with Gasteiger partial charge in [0.1, 0.15) is 0 Å². The zero-order chi connectivity index (χ0) is 19.8. The maximum atomic E-state index is 11.3. The van der Waals surface area contributed by atoms with Crippen LogP contribution in [0.1, 0.15) is 24.8 Å². The number of fused-ring (bicyclic) bond motifs is 1. The van der Waals surface area contributed by atoms with E-state index in [1.54, 1.807) is 10.9 Å². The molecule has 3 aromatic heterocycles. The van der Waals surface area contributed by atoms with E-state index in [-0.39, 0.29) is 5.92 Å². The number of allylic oxidation sites excluding steroid dienone is 2. The molecule has 7 nitrogen and oxygen atoms in total. The van der Waals surface area contributed by atoms with Crippen molar-refractivity contribution < 1.29 is 9.90 Å². The number of rotatable bonds is 4. The molecule has 144 valence electrons. The molecule has 1 aliphatic rings. The molecule has 0 spiro atoms. The van der Waals surface area contributed by atoms with Crippen molar-refractivity contribution in [2.45, 2.75) is 19.3 Å². The summed E-state index contributed by atoms with van der Waals surface area (Å²) in [5.74, 6) is -0.997. The Morgan fingerprint density at radius 2 is 1.97 bits per heavy atom. The van der Waals surface area contributed by atoms with Crippen molar-refractivity contribution in [3.63, 3.8) is 0 Å². The highest BCUT2D eigenvalue weighted by molar-refractivity contribution is 5.90. The summed E-state index contributed by atoms with van der Waals surface area (Å²) in [4.78, 5) is 11.3. The van der Waals surface area contributed by atoms with Crippen molar-refractivity contribution >= 4 is 17.1 Å². The van der Waals surface area contributed by atoms with Gasteiger partial charge in [0.05, 0.1) is 35.7 Å². The van der Waals surface area contributed by atoms with E-state index in [2.05, 4.69) is 39.7 Å². The summed E-state index contributed by atoms with van der Waals surface area (Å²) >= 11 is 0. The van der Waals surface area contributed by atoms with Crippen molar-refractivity contribution in [1.29, 1.82) is 0 Å². The maximum absolute atomic E-state index is 11.3. The van der Waals surface area contributed by atoms with Crippen LogP contribution in [0.15, 0.2) is 67.3 Å². The Hall–Kier alpha value is -3.74. The fourth-order valence-electron chi connectivity index (χ4n) is 3.96. The first-order valence-corrected chi connectivity index (χ1v) is 9.56. The standard InChI is InChI=1S/C22H19N5O2/c28-22(29)17-5-3-15(4-6-17)19-2-1-12-27-21(19)20(14-24-27)16-7-9-18(10-8-16)26-13-11-23-25-26/h1-3,7-14,17H,4-6H2,(H,28,29). The van der Waals surface area contributed by atoms with Gasteiger partial charge in [-0.2, -0.15) is 5.10 Å². The summed E-state index contributed by atoms with van der Waals surface area (Å²) in [5, 5.41) is 21.7. The van der Waals surface area contributed by atoms with Crippen LogP contribution >= 0.6 is 0 Å². The number of carboxylic acid groups (broad SMARTS) is 1. The second-order valence-electron chi connectivity index (χ2n) is 7.21. The van der Waals surface area contributed by atoms with Gasteiger partial charge in [-0.15, -0.1) is 5.10 Å². The lowest BCUT2D eigenvalue weighted by Gasteiger charge is -2.19. The fraction of sp³-hybridized carbons (Fsp3) is 0.182. The summed E-state index contributed by atoms with van der Waals surface area (Å²) in [6, 6.07) is 12.2. The number of aliphatic carboxylic acids is 1. The van der Waals surface area contributed by atoms with Crippen molar-refractivity contribution in [2.75, 3.05) is 0 Å². The Morgan fingerprint density at radius 3 is 2.66 bits per heavy atom. The molecule has 1 unspecified atom stereocenters. The molecular formula is C22H19N5O2. The molecule has 1 atom stereocenters. The minimum atomic E-state index is -0.712. The zero-order valence-electron chi connectivity index (χ0n) is 15.6. The van der Waals surface area contributed by atoms with E-state index in [1.807, 2.05) is 41.3 Å². The monoisotopic (exact) mass is 385 g/mol. The first-order valence-electron chi connectivity index (χ1n) is 9.56. The molecule has 0 saturated carbocycles. The quantitative estimate of drug-likeness (QED) is 0.577. The second kappa shape index (κ2) is 7.01. The highest BCUT2D eigenvalue weighted by atomic mass is 16.4. The SMILES string of the molecule is O=C(O)C1CC=C(c2cccn3ncc(-c4ccc(-n5ccnn5)cc4)c23)CC1. The molecule has 0 fully saturated rings. The molecular weight excluding hydrogens is 366 g/mol. The molecule has 0 amide bonds. The topological polar surface area (TPSA) is 85.3 Å². The number of benzene rings is 1. The van der Waals surface area contributed by atoms with E-state index in [0.29, 0.717) is 12.8 Å². The summed E-state index contributed by atoms with van der Waals surface area (Å²) in [7, 11) is 0. The first-order chi connectivity index (χ1) is 14.2. The summed E-state index contributed by atoms with van der Waals surface area (Å²) < 4.78 is 3.61. The molecule has 4 aromatic rings. The van der Waals surface area contributed by atoms with Crippen LogP contribution in [0.25, 0.3) is 27.9 Å². The summed E-state index contributed by atoms with van der Waals surface area (Å²) in [5.41, 5.74) is 6.40. The van der Waals surface area contributed by atoms with Crippen molar-refractivity contribution in [2.24, 2.45) is 5.92 Å². The van der Waals surface area contributed by atoms with Crippen LogP contribution in [0.4, 0.5) is 0 Å². The van der Waals surface area contributed by atoms with Crippen molar-refractivity contribution in [1.82, 2.24) is 24.6 Å². The Kier molecular flexibility index (Phi) is 4.20. The summed E-state index contributed by atoms with van der Waals surface area (Å²) in [6.07, 6.45) is 11.3. The molecule has 7 heteroatoms. The molecule has 0 radical (unpaired) electrons. The third-order valence-corrected chi connectivity index (χ3v) is 5.51. The third kappa shape index (κ3) is 3.10. The van der Waals surface area contributed by atoms with Crippen LogP contribution in [0.3, 0.4) is 0 Å². The lowest BCUT2D eigenvalue weighted by molar-refractivity contribution is -0.141. The molecule has 5 rings (SSSR count). The van der Waals surface area contributed by atoms with Crippen LogP contribution < -0.4 is 0 Å². The summed E-state index contributed by atoms with van der Waals surface area (Å²) in [6.45, 7) is 0. The number of aromatic nitrogens is 5. The van der Waals surface area contributed by atoms with Crippen molar-refractivity contribution in [3.8, 4) is 16.8 Å². The molecule has 29 heavy (non-hydrogen) atoms. The van der Waals surface area contributed by atoms with Gasteiger partial charge in [0.25, 0.3) is 0 Å². The van der Waals surface area contributed by atoms with Gasteiger partial charge in [-0.1, -0.05) is 29.5 Å². The van der Waals surface area contributed by atoms with Crippen LogP contribution in [0.2, 0.25) is 0 Å². The number of carboxylic acids is 1. The minimum Gasteiger partial charge on any atom is -0.481 e. The highest BCUT2D eigenvalue weighted by Gasteiger charge is 2.23. The van der Waals surface area contributed by atoms with E-state index in [0.717, 1.165) is 34.3 Å². The predicted molar refractivity (Wildman–Crippen MR) is 108 cm³/mol. The zero-order valence-corrected chi connectivity index (χ0v) is 15.6. The van der Waals surface area contributed by atoms with Gasteiger partial charge < -0.3 is 5.11 Å². The van der Waals surface area contributed by atoms with E-state index < -0.39 is 5.97 Å². The smallest absolute Gasteiger partial charge is 0.306 e. The molecule has 1 aromatic carbocycles. The molecule has 3 heterocycles. The van der Waals surface area contributed by atoms with Crippen molar-refractivity contribution in [3.05, 3.63) is 72.8 Å². The van der Waals surface area contributed by atoms with Gasteiger partial charge in [-0.05, 0) is 48.6 Å². The largest absolute Gasteiger partial charge is 0.481 e. The van der Waals surface area contributed by atoms with Gasteiger partial charge in [-0.3, -0.25) is 4.79 Å². The number of hydrogen-bond donors (Lipinski definition) is 1. The molecule has 0 bridgehead atoms. The highest BCUT2D eigenvalue weighted by Crippen LogP contribution is 2.36. The normalized spacial score (nSPS) is 16.7. The third-order valence-electron chi connectivity index (χ3n) is 5.51. The Bertz CT molecular complexity index is 1210. The van der Waals surface area contributed by atoms with E-state index in [4.69, 9.17) is 0 Å². The van der Waals surface area contributed by atoms with E-state index in [1.165, 1.54) is 5.57 Å². The Labute approximate surface area is 166 Å². The van der Waals surface area contributed by atoms with Crippen LogP contribution in [0, 0.1) is 5.92 Å². The first kappa shape index (κ1) is 17.4. The lowest BCUT2D eigenvalue weighted by Crippen LogP contribution is -2.15. The Balaban J connectivity index is 1.55. The maximum Gasteiger partial charge on any atom is 0.306 e. The van der Waals surface area contributed by atoms with Crippen LogP contribution in [-0.4, -0.2) is 35.7 Å². The molecule has 1 aliphatic carbocycles. The number of carbonyl (C=O) groups is 1. The lowest BCUT2D eigenvalue weighted by atomic mass is 9.86. The minimum absolute atomic E-state index is 0.285. The van der Waals surface area contributed by atoms with Gasteiger partial charge >= 0.3 is 5.97 Å². The van der Waals surface area contributed by atoms with Crippen LogP contribution in [0.5, 0.6) is 0 Å².